The van der Waals surface area contributed by atoms with Crippen LogP contribution in [-0.2, 0) is 0 Å². The summed E-state index contributed by atoms with van der Waals surface area (Å²) >= 11 is 0. The van der Waals surface area contributed by atoms with Gasteiger partial charge in [0.25, 0.3) is 0 Å². The van der Waals surface area contributed by atoms with E-state index >= 15 is 0 Å². The zero-order valence-corrected chi connectivity index (χ0v) is 3.72. The Hall–Kier alpha value is 0.0774. The summed E-state index contributed by atoms with van der Waals surface area (Å²) in [6.07, 6.45) is 11.0. The Morgan fingerprint density at radius 1 is 0.857 bits per heavy atom. The molecule has 34 valence electrons. The van der Waals surface area contributed by atoms with Crippen LogP contribution in [0.1, 0.15) is 12.8 Å². The van der Waals surface area contributed by atoms with Crippen molar-refractivity contribution >= 4 is 18.9 Å². The molecule has 0 atom stereocenters. The normalized spacial score (nSPS) is 16.0. The number of allylic oxidation sites excluding steroid dienone is 4. The van der Waals surface area contributed by atoms with Crippen molar-refractivity contribution in [1.29, 1.82) is 0 Å². The third-order valence-corrected chi connectivity index (χ3v) is 0.883. The fraction of sp³-hybridized carbons (Fsp3) is 0.333. The maximum atomic E-state index is 2.18. The van der Waals surface area contributed by atoms with Gasteiger partial charge in [-0.25, -0.2) is 0 Å². The summed E-state index contributed by atoms with van der Waals surface area (Å²) in [5, 5.41) is 0. The first kappa shape index (κ1) is 7.08. The Morgan fingerprint density at radius 3 is 1.43 bits per heavy atom. The van der Waals surface area contributed by atoms with Crippen molar-refractivity contribution < 1.29 is 0 Å². The molecule has 0 fully saturated rings. The third-order valence-electron chi connectivity index (χ3n) is 0.883. The van der Waals surface area contributed by atoms with Gasteiger partial charge in [0.15, 0.2) is 0 Å². The van der Waals surface area contributed by atoms with Crippen LogP contribution in [0.2, 0.25) is 0 Å². The molecule has 0 saturated carbocycles. The van der Waals surface area contributed by atoms with Crippen molar-refractivity contribution in [1.82, 2.24) is 0 Å². The van der Waals surface area contributed by atoms with E-state index in [1.54, 1.807) is 0 Å². The second-order valence-corrected chi connectivity index (χ2v) is 1.43. The van der Waals surface area contributed by atoms with Crippen molar-refractivity contribution in [2.24, 2.45) is 0 Å². The minimum absolute atomic E-state index is 0. The van der Waals surface area contributed by atoms with Gasteiger partial charge in [-0.3, -0.25) is 0 Å². The molecule has 0 nitrogen and oxygen atoms in total. The van der Waals surface area contributed by atoms with Crippen LogP contribution in [0.5, 0.6) is 0 Å². The number of hydrogen-bond acceptors (Lipinski definition) is 0. The van der Waals surface area contributed by atoms with E-state index in [0.717, 1.165) is 0 Å². The Morgan fingerprint density at radius 2 is 1.29 bits per heavy atom. The van der Waals surface area contributed by atoms with Crippen molar-refractivity contribution in [3.63, 3.8) is 0 Å². The Bertz CT molecular complexity index is 70.2. The third kappa shape index (κ3) is 2.74. The molecule has 1 heteroatoms. The first-order chi connectivity index (χ1) is 3.00. The van der Waals surface area contributed by atoms with Gasteiger partial charge in [-0.1, -0.05) is 24.3 Å². The summed E-state index contributed by atoms with van der Waals surface area (Å²) in [6.45, 7) is 0. The molecule has 0 amide bonds. The van der Waals surface area contributed by atoms with Crippen LogP contribution in [0.15, 0.2) is 24.3 Å². The van der Waals surface area contributed by atoms with Crippen LogP contribution in [0.4, 0.5) is 0 Å². The first-order valence-electron chi connectivity index (χ1n) is 2.32. The molecule has 0 radical (unpaired) electrons. The quantitative estimate of drug-likeness (QED) is 0.391. The van der Waals surface area contributed by atoms with E-state index in [1.807, 2.05) is 0 Å². The molecule has 1 aliphatic carbocycles. The average Bonchev–Trinajstić information content (AvgIpc) is 1.72. The minimum atomic E-state index is 0. The van der Waals surface area contributed by atoms with E-state index in [4.69, 9.17) is 0 Å². The summed E-state index contributed by atoms with van der Waals surface area (Å²) in [5.74, 6) is 0. The van der Waals surface area contributed by atoms with E-state index in [2.05, 4.69) is 24.3 Å². The number of hydrogen-bond donors (Lipinski definition) is 0. The van der Waals surface area contributed by atoms with Crippen molar-refractivity contribution in [3.05, 3.63) is 24.3 Å². The summed E-state index contributed by atoms with van der Waals surface area (Å²) in [6, 6.07) is 0. The van der Waals surface area contributed by atoms with E-state index in [0.29, 0.717) is 0 Å². The predicted octanol–water partition coefficient (Wildman–Crippen LogP) is 1.24. The van der Waals surface area contributed by atoms with Gasteiger partial charge in [0.1, 0.15) is 0 Å². The Labute approximate surface area is 56.5 Å². The van der Waals surface area contributed by atoms with E-state index in [9.17, 15) is 0 Å². The Kier molecular flexibility index (Phi) is 4.29. The maximum absolute atomic E-state index is 2.18. The van der Waals surface area contributed by atoms with Crippen LogP contribution >= 0.6 is 0 Å². The van der Waals surface area contributed by atoms with E-state index in [1.165, 1.54) is 12.8 Å². The molecular formula is C6H9Li. The summed E-state index contributed by atoms with van der Waals surface area (Å²) in [7, 11) is 0. The van der Waals surface area contributed by atoms with Gasteiger partial charge in [0.05, 0.1) is 0 Å². The van der Waals surface area contributed by atoms with Gasteiger partial charge >= 0.3 is 18.9 Å². The topological polar surface area (TPSA) is 0 Å². The van der Waals surface area contributed by atoms with Crippen LogP contribution in [0.25, 0.3) is 0 Å². The van der Waals surface area contributed by atoms with Crippen molar-refractivity contribution in [2.75, 3.05) is 0 Å². The SMILES string of the molecule is C1=CCCC=C1.[LiH]. The van der Waals surface area contributed by atoms with Gasteiger partial charge in [-0.05, 0) is 12.8 Å². The fourth-order valence-electron chi connectivity index (χ4n) is 0.542. The van der Waals surface area contributed by atoms with Crippen LogP contribution in [-0.4, -0.2) is 18.9 Å². The van der Waals surface area contributed by atoms with Gasteiger partial charge in [0.2, 0.25) is 0 Å². The Balaban J connectivity index is 0.000000360. The molecule has 0 saturated heterocycles. The van der Waals surface area contributed by atoms with E-state index in [-0.39, 0.29) is 18.9 Å². The molecule has 1 rings (SSSR count). The van der Waals surface area contributed by atoms with Gasteiger partial charge in [-0.15, -0.1) is 0 Å². The molecule has 0 heterocycles. The molecule has 0 aromatic rings. The molecule has 0 N–H and O–H groups in total. The van der Waals surface area contributed by atoms with E-state index < -0.39 is 0 Å². The van der Waals surface area contributed by atoms with Gasteiger partial charge < -0.3 is 0 Å². The first-order valence-corrected chi connectivity index (χ1v) is 2.32. The second-order valence-electron chi connectivity index (χ2n) is 1.43. The molecule has 1 aliphatic rings. The number of rotatable bonds is 0. The molecule has 0 unspecified atom stereocenters. The van der Waals surface area contributed by atoms with Crippen LogP contribution in [0, 0.1) is 0 Å². The summed E-state index contributed by atoms with van der Waals surface area (Å²) in [5.41, 5.74) is 0. The fourth-order valence-corrected chi connectivity index (χ4v) is 0.542. The predicted molar refractivity (Wildman–Crippen MR) is 34.7 cm³/mol. The summed E-state index contributed by atoms with van der Waals surface area (Å²) < 4.78 is 0. The monoisotopic (exact) mass is 88.1 g/mol. The standard InChI is InChI=1S/C6H8.Li.H/c1-2-4-6-5-3-1;;/h1-4H,5-6H2;;. The molecule has 0 aliphatic heterocycles. The molecule has 0 bridgehead atoms. The second kappa shape index (κ2) is 4.24. The molecular weight excluding hydrogens is 79.0 g/mol. The van der Waals surface area contributed by atoms with Crippen LogP contribution in [0.3, 0.4) is 0 Å². The molecule has 0 aromatic heterocycles. The zero-order valence-electron chi connectivity index (χ0n) is 3.72. The van der Waals surface area contributed by atoms with Gasteiger partial charge in [-0.2, -0.15) is 0 Å². The van der Waals surface area contributed by atoms with Crippen LogP contribution < -0.4 is 0 Å². The molecule has 7 heavy (non-hydrogen) atoms. The molecule has 0 aromatic carbocycles. The average molecular weight is 88.1 g/mol. The van der Waals surface area contributed by atoms with Crippen molar-refractivity contribution in [2.45, 2.75) is 12.8 Å². The van der Waals surface area contributed by atoms with Crippen molar-refractivity contribution in [3.8, 4) is 0 Å². The zero-order chi connectivity index (χ0) is 4.24. The summed E-state index contributed by atoms with van der Waals surface area (Å²) in [4.78, 5) is 0. The van der Waals surface area contributed by atoms with Gasteiger partial charge in [0, 0.05) is 0 Å². The molecule has 0 spiro atoms.